The van der Waals surface area contributed by atoms with Crippen LogP contribution in [0.25, 0.3) is 10.7 Å². The Morgan fingerprint density at radius 1 is 1.15 bits per heavy atom. The maximum Gasteiger partial charge on any atom is 0.346 e. The molecular weight excluding hydrogens is 372 g/mol. The molecule has 0 radical (unpaired) electrons. The van der Waals surface area contributed by atoms with Gasteiger partial charge >= 0.3 is 5.69 Å². The van der Waals surface area contributed by atoms with Crippen LogP contribution in [-0.4, -0.2) is 29.3 Å². The van der Waals surface area contributed by atoms with E-state index in [9.17, 15) is 13.2 Å². The van der Waals surface area contributed by atoms with Crippen molar-refractivity contribution >= 4 is 21.4 Å². The van der Waals surface area contributed by atoms with E-state index in [1.54, 1.807) is 22.8 Å². The Morgan fingerprint density at radius 3 is 2.58 bits per heavy atom. The molecule has 1 N–H and O–H groups in total. The van der Waals surface area contributed by atoms with Gasteiger partial charge in [-0.1, -0.05) is 24.3 Å². The first-order valence-electron chi connectivity index (χ1n) is 8.34. The van der Waals surface area contributed by atoms with E-state index in [-0.39, 0.29) is 29.7 Å². The molecule has 1 fully saturated rings. The van der Waals surface area contributed by atoms with Crippen molar-refractivity contribution in [1.29, 1.82) is 0 Å². The van der Waals surface area contributed by atoms with Gasteiger partial charge in [-0.3, -0.25) is 4.57 Å². The monoisotopic (exact) mass is 390 g/mol. The average molecular weight is 390 g/mol. The second-order valence-electron chi connectivity index (χ2n) is 6.12. The molecule has 9 heteroatoms. The van der Waals surface area contributed by atoms with Gasteiger partial charge in [0, 0.05) is 12.6 Å². The fourth-order valence-corrected chi connectivity index (χ4v) is 4.52. The molecule has 7 nitrogen and oxygen atoms in total. The number of nitrogens with zero attached hydrogens (tertiary/aromatic N) is 3. The van der Waals surface area contributed by atoms with Gasteiger partial charge in [0.05, 0.1) is 16.3 Å². The molecule has 0 bridgehead atoms. The summed E-state index contributed by atoms with van der Waals surface area (Å²) in [5.41, 5.74) is -0.185. The molecule has 136 valence electrons. The van der Waals surface area contributed by atoms with Crippen LogP contribution in [-0.2, 0) is 16.6 Å². The van der Waals surface area contributed by atoms with E-state index < -0.39 is 10.0 Å². The molecule has 1 aliphatic carbocycles. The molecular formula is C17H18N4O3S2. The van der Waals surface area contributed by atoms with E-state index in [1.165, 1.54) is 28.2 Å². The van der Waals surface area contributed by atoms with Crippen LogP contribution in [0, 0.1) is 0 Å². The lowest BCUT2D eigenvalue weighted by Gasteiger charge is -2.06. The van der Waals surface area contributed by atoms with Gasteiger partial charge in [0.2, 0.25) is 10.0 Å². The highest BCUT2D eigenvalue weighted by molar-refractivity contribution is 7.89. The van der Waals surface area contributed by atoms with E-state index >= 15 is 0 Å². The number of aromatic nitrogens is 3. The zero-order valence-corrected chi connectivity index (χ0v) is 15.5. The van der Waals surface area contributed by atoms with Gasteiger partial charge in [0.25, 0.3) is 0 Å². The van der Waals surface area contributed by atoms with Gasteiger partial charge in [-0.25, -0.2) is 22.6 Å². The van der Waals surface area contributed by atoms with Gasteiger partial charge < -0.3 is 0 Å². The molecule has 0 amide bonds. The van der Waals surface area contributed by atoms with Crippen molar-refractivity contribution in [3.05, 3.63) is 58.3 Å². The van der Waals surface area contributed by atoms with Crippen molar-refractivity contribution in [1.82, 2.24) is 19.1 Å². The minimum Gasteiger partial charge on any atom is -0.271 e. The Morgan fingerprint density at radius 2 is 1.92 bits per heavy atom. The van der Waals surface area contributed by atoms with Gasteiger partial charge in [-0.2, -0.15) is 0 Å². The van der Waals surface area contributed by atoms with Gasteiger partial charge in [0.1, 0.15) is 0 Å². The third-order valence-corrected chi connectivity index (χ3v) is 6.54. The second kappa shape index (κ2) is 6.82. The minimum absolute atomic E-state index is 0.0999. The Labute approximate surface area is 155 Å². The summed E-state index contributed by atoms with van der Waals surface area (Å²) in [4.78, 5) is 13.8. The number of hydrogen-bond donors (Lipinski definition) is 1. The van der Waals surface area contributed by atoms with Crippen LogP contribution in [0.5, 0.6) is 0 Å². The number of benzene rings is 1. The van der Waals surface area contributed by atoms with Crippen LogP contribution in [0.2, 0.25) is 0 Å². The minimum atomic E-state index is -3.59. The Balaban J connectivity index is 1.53. The first kappa shape index (κ1) is 17.2. The third kappa shape index (κ3) is 3.37. The second-order valence-corrected chi connectivity index (χ2v) is 8.83. The molecule has 1 saturated carbocycles. The van der Waals surface area contributed by atoms with Crippen molar-refractivity contribution in [3.63, 3.8) is 0 Å². The molecule has 4 rings (SSSR count). The molecule has 0 atom stereocenters. The predicted molar refractivity (Wildman–Crippen MR) is 99.7 cm³/mol. The topological polar surface area (TPSA) is 86.0 Å². The zero-order valence-electron chi connectivity index (χ0n) is 13.9. The molecule has 0 spiro atoms. The van der Waals surface area contributed by atoms with Crippen molar-refractivity contribution in [2.24, 2.45) is 0 Å². The molecule has 1 aromatic carbocycles. The predicted octanol–water partition coefficient (Wildman–Crippen LogP) is 2.09. The summed E-state index contributed by atoms with van der Waals surface area (Å²) in [6.07, 6.45) is 1.95. The van der Waals surface area contributed by atoms with Crippen LogP contribution >= 0.6 is 11.3 Å². The summed E-state index contributed by atoms with van der Waals surface area (Å²) >= 11 is 1.54. The number of nitrogens with one attached hydrogen (secondary N) is 1. The molecule has 26 heavy (non-hydrogen) atoms. The fourth-order valence-electron chi connectivity index (χ4n) is 2.77. The van der Waals surface area contributed by atoms with Crippen molar-refractivity contribution < 1.29 is 8.42 Å². The summed E-state index contributed by atoms with van der Waals surface area (Å²) in [6, 6.07) is 12.2. The van der Waals surface area contributed by atoms with Crippen LogP contribution in [0.1, 0.15) is 18.9 Å². The lowest BCUT2D eigenvalue weighted by atomic mass is 10.4. The van der Waals surface area contributed by atoms with Gasteiger partial charge in [0.15, 0.2) is 5.82 Å². The first-order chi connectivity index (χ1) is 12.6. The number of rotatable bonds is 7. The maximum absolute atomic E-state index is 12.7. The highest BCUT2D eigenvalue weighted by atomic mass is 32.2. The Kier molecular flexibility index (Phi) is 4.51. The Hall–Kier alpha value is -2.23. The lowest BCUT2D eigenvalue weighted by Crippen LogP contribution is -2.32. The van der Waals surface area contributed by atoms with E-state index in [1.807, 2.05) is 17.5 Å². The molecule has 0 aliphatic heterocycles. The molecule has 2 heterocycles. The van der Waals surface area contributed by atoms with Gasteiger partial charge in [-0.05, 0) is 36.4 Å². The van der Waals surface area contributed by atoms with Crippen molar-refractivity contribution in [2.45, 2.75) is 30.3 Å². The highest BCUT2D eigenvalue weighted by Gasteiger charge is 2.30. The molecule has 2 aromatic heterocycles. The summed E-state index contributed by atoms with van der Waals surface area (Å²) in [5.74, 6) is 0.665. The summed E-state index contributed by atoms with van der Waals surface area (Å²) in [5, 5.41) is 6.40. The smallest absolute Gasteiger partial charge is 0.271 e. The summed E-state index contributed by atoms with van der Waals surface area (Å²) in [7, 11) is -3.59. The van der Waals surface area contributed by atoms with E-state index in [4.69, 9.17) is 0 Å². The van der Waals surface area contributed by atoms with Crippen LogP contribution in [0.4, 0.5) is 0 Å². The van der Waals surface area contributed by atoms with Crippen LogP contribution in [0.3, 0.4) is 0 Å². The number of hydrogen-bond acceptors (Lipinski definition) is 5. The molecule has 3 aromatic rings. The maximum atomic E-state index is 12.7. The average Bonchev–Trinajstić information content (AvgIpc) is 3.21. The lowest BCUT2D eigenvalue weighted by molar-refractivity contribution is 0.547. The van der Waals surface area contributed by atoms with E-state index in [2.05, 4.69) is 9.82 Å². The summed E-state index contributed by atoms with van der Waals surface area (Å²) in [6.45, 7) is 0.283. The normalized spacial score (nSPS) is 14.6. The van der Waals surface area contributed by atoms with Gasteiger partial charge in [-0.15, -0.1) is 16.4 Å². The zero-order chi connectivity index (χ0) is 18.1. The largest absolute Gasteiger partial charge is 0.346 e. The van der Waals surface area contributed by atoms with Crippen LogP contribution < -0.4 is 10.4 Å². The first-order valence-corrected chi connectivity index (χ1v) is 10.7. The molecule has 0 saturated heterocycles. The standard InChI is InChI=1S/C17H18N4O3S2/c22-17-20(11-10-18-26(23,24)14-5-2-1-3-6-14)19-16(15-7-4-12-25-15)21(17)13-8-9-13/h1-7,12-13,18H,8-11H2. The van der Waals surface area contributed by atoms with E-state index in [0.29, 0.717) is 5.82 Å². The SMILES string of the molecule is O=c1n(CCNS(=O)(=O)c2ccccc2)nc(-c2cccs2)n1C1CC1. The Bertz CT molecular complexity index is 1050. The van der Waals surface area contributed by atoms with Crippen molar-refractivity contribution in [2.75, 3.05) is 6.54 Å². The van der Waals surface area contributed by atoms with Crippen LogP contribution in [0.15, 0.2) is 57.5 Å². The molecule has 1 aliphatic rings. The van der Waals surface area contributed by atoms with E-state index in [0.717, 1.165) is 17.7 Å². The third-order valence-electron chi connectivity index (χ3n) is 4.19. The van der Waals surface area contributed by atoms with Crippen molar-refractivity contribution in [3.8, 4) is 10.7 Å². The number of sulfonamides is 1. The fraction of sp³-hybridized carbons (Fsp3) is 0.294. The molecule has 0 unspecified atom stereocenters. The highest BCUT2D eigenvalue weighted by Crippen LogP contribution is 2.37. The summed E-state index contributed by atoms with van der Waals surface area (Å²) < 4.78 is 30.1. The quantitative estimate of drug-likeness (QED) is 0.669. The number of thiophene rings is 1.